The molecule has 0 saturated heterocycles. The van der Waals surface area contributed by atoms with E-state index >= 15 is 0 Å². The molecule has 10 aromatic rings. The van der Waals surface area contributed by atoms with E-state index in [1.165, 1.54) is 88.1 Å². The number of benzene rings is 8. The highest BCUT2D eigenvalue weighted by molar-refractivity contribution is 6.12. The normalized spacial score (nSPS) is 11.8. The van der Waals surface area contributed by atoms with E-state index in [0.717, 1.165) is 11.4 Å². The summed E-state index contributed by atoms with van der Waals surface area (Å²) in [4.78, 5) is 0. The van der Waals surface area contributed by atoms with Gasteiger partial charge in [-0.05, 0) is 125 Å². The maximum absolute atomic E-state index is 2.41. The molecule has 2 nitrogen and oxygen atoms in total. The van der Waals surface area contributed by atoms with Crippen LogP contribution in [-0.4, -0.2) is 9.13 Å². The number of para-hydroxylation sites is 2. The van der Waals surface area contributed by atoms with Crippen molar-refractivity contribution in [3.63, 3.8) is 0 Å². The van der Waals surface area contributed by atoms with E-state index in [1.807, 2.05) is 13.8 Å². The molecule has 0 aliphatic heterocycles. The van der Waals surface area contributed by atoms with Gasteiger partial charge in [0.2, 0.25) is 0 Å². The van der Waals surface area contributed by atoms with Gasteiger partial charge in [-0.2, -0.15) is 0 Å². The number of allylic oxidation sites excluding steroid dienone is 4. The summed E-state index contributed by atoms with van der Waals surface area (Å²) in [6.45, 7) is 8.16. The van der Waals surface area contributed by atoms with Gasteiger partial charge in [-0.1, -0.05) is 153 Å². The molecule has 0 aliphatic carbocycles. The SMILES string of the molecule is C/C=C\C(=C/C)c1cccc(-c2ccc(-n3c4ccccc4c4cc(-c5ccc6c(c5)c5ccccc5n6-c5cccc(-c6ccccc6)c5)ccc43)cc2)c1.CC. The zero-order valence-electron chi connectivity index (χ0n) is 33.5. The minimum Gasteiger partial charge on any atom is -0.309 e. The van der Waals surface area contributed by atoms with Gasteiger partial charge in [-0.25, -0.2) is 0 Å². The lowest BCUT2D eigenvalue weighted by molar-refractivity contribution is 1.18. The molecule has 0 bridgehead atoms. The quantitative estimate of drug-likeness (QED) is 0.144. The molecule has 0 saturated carbocycles. The summed E-state index contributed by atoms with van der Waals surface area (Å²) < 4.78 is 4.81. The molecule has 0 atom stereocenters. The Morgan fingerprint density at radius 2 is 0.828 bits per heavy atom. The van der Waals surface area contributed by atoms with Crippen LogP contribution in [0.3, 0.4) is 0 Å². The van der Waals surface area contributed by atoms with Crippen molar-refractivity contribution >= 4 is 49.2 Å². The minimum atomic E-state index is 1.15. The van der Waals surface area contributed by atoms with Gasteiger partial charge in [0.05, 0.1) is 22.1 Å². The van der Waals surface area contributed by atoms with Gasteiger partial charge in [-0.15, -0.1) is 0 Å². The zero-order valence-corrected chi connectivity index (χ0v) is 33.5. The second-order valence-corrected chi connectivity index (χ2v) is 14.5. The van der Waals surface area contributed by atoms with E-state index in [9.17, 15) is 0 Å². The number of aromatic nitrogens is 2. The van der Waals surface area contributed by atoms with Crippen LogP contribution in [0.25, 0.3) is 93.9 Å². The number of hydrogen-bond acceptors (Lipinski definition) is 0. The summed E-state index contributed by atoms with van der Waals surface area (Å²) >= 11 is 0. The molecule has 8 aromatic carbocycles. The van der Waals surface area contributed by atoms with E-state index < -0.39 is 0 Å². The lowest BCUT2D eigenvalue weighted by Crippen LogP contribution is -1.94. The first kappa shape index (κ1) is 36.5. The Morgan fingerprint density at radius 1 is 0.362 bits per heavy atom. The molecule has 0 aliphatic rings. The van der Waals surface area contributed by atoms with Crippen LogP contribution in [0.5, 0.6) is 0 Å². The molecule has 2 heterocycles. The summed E-state index contributed by atoms with van der Waals surface area (Å²) in [6, 6.07) is 68.8. The number of hydrogen-bond donors (Lipinski definition) is 0. The van der Waals surface area contributed by atoms with E-state index in [0.29, 0.717) is 0 Å². The Morgan fingerprint density at radius 3 is 1.43 bits per heavy atom. The average molecular weight is 747 g/mol. The summed E-state index contributed by atoms with van der Waals surface area (Å²) in [5.41, 5.74) is 16.8. The molecule has 0 spiro atoms. The fourth-order valence-electron chi connectivity index (χ4n) is 8.54. The molecule has 2 heteroatoms. The van der Waals surface area contributed by atoms with Crippen molar-refractivity contribution in [3.8, 4) is 44.8 Å². The predicted octanol–water partition coefficient (Wildman–Crippen LogP) is 15.9. The first-order valence-electron chi connectivity index (χ1n) is 20.4. The Kier molecular flexibility index (Phi) is 9.91. The van der Waals surface area contributed by atoms with E-state index in [2.05, 4.69) is 229 Å². The van der Waals surface area contributed by atoms with Gasteiger partial charge in [0.1, 0.15) is 0 Å². The molecule has 2 aromatic heterocycles. The van der Waals surface area contributed by atoms with Crippen LogP contribution >= 0.6 is 0 Å². The fraction of sp³-hybridized carbons (Fsp3) is 0.0714. The lowest BCUT2D eigenvalue weighted by Gasteiger charge is -2.11. The van der Waals surface area contributed by atoms with Crippen molar-refractivity contribution in [2.24, 2.45) is 0 Å². The number of rotatable bonds is 7. The molecule has 0 amide bonds. The Labute approximate surface area is 341 Å². The van der Waals surface area contributed by atoms with Crippen LogP contribution in [0.2, 0.25) is 0 Å². The molecular formula is C56H46N2. The fourth-order valence-corrected chi connectivity index (χ4v) is 8.54. The third kappa shape index (κ3) is 6.43. The maximum Gasteiger partial charge on any atom is 0.0541 e. The third-order valence-electron chi connectivity index (χ3n) is 11.2. The molecule has 0 N–H and O–H groups in total. The van der Waals surface area contributed by atoms with Gasteiger partial charge in [0.25, 0.3) is 0 Å². The van der Waals surface area contributed by atoms with Crippen molar-refractivity contribution < 1.29 is 0 Å². The van der Waals surface area contributed by atoms with Gasteiger partial charge < -0.3 is 9.13 Å². The monoisotopic (exact) mass is 746 g/mol. The molecule has 0 unspecified atom stereocenters. The average Bonchev–Trinajstić information content (AvgIpc) is 3.81. The van der Waals surface area contributed by atoms with E-state index in [4.69, 9.17) is 0 Å². The topological polar surface area (TPSA) is 9.86 Å². The van der Waals surface area contributed by atoms with Crippen LogP contribution in [0, 0.1) is 0 Å². The van der Waals surface area contributed by atoms with Crippen LogP contribution in [-0.2, 0) is 0 Å². The van der Waals surface area contributed by atoms with Gasteiger partial charge in [-0.3, -0.25) is 0 Å². The molecule has 0 radical (unpaired) electrons. The first-order valence-corrected chi connectivity index (χ1v) is 20.4. The van der Waals surface area contributed by atoms with Gasteiger partial charge in [0.15, 0.2) is 0 Å². The second-order valence-electron chi connectivity index (χ2n) is 14.5. The highest BCUT2D eigenvalue weighted by Gasteiger charge is 2.16. The van der Waals surface area contributed by atoms with Crippen molar-refractivity contribution in [1.29, 1.82) is 0 Å². The Hall–Kier alpha value is -7.16. The number of nitrogens with zero attached hydrogens (tertiary/aromatic N) is 2. The third-order valence-corrected chi connectivity index (χ3v) is 11.2. The van der Waals surface area contributed by atoms with Crippen molar-refractivity contribution in [2.75, 3.05) is 0 Å². The summed E-state index contributed by atoms with van der Waals surface area (Å²) in [7, 11) is 0. The largest absolute Gasteiger partial charge is 0.309 e. The maximum atomic E-state index is 2.41. The summed E-state index contributed by atoms with van der Waals surface area (Å²) in [5, 5.41) is 5.00. The van der Waals surface area contributed by atoms with Gasteiger partial charge >= 0.3 is 0 Å². The highest BCUT2D eigenvalue weighted by atomic mass is 15.0. The smallest absolute Gasteiger partial charge is 0.0541 e. The van der Waals surface area contributed by atoms with Crippen LogP contribution in [0.4, 0.5) is 0 Å². The van der Waals surface area contributed by atoms with Crippen LogP contribution in [0.1, 0.15) is 33.3 Å². The van der Waals surface area contributed by atoms with E-state index in [1.54, 1.807) is 0 Å². The second kappa shape index (κ2) is 15.8. The molecule has 10 rings (SSSR count). The lowest BCUT2D eigenvalue weighted by atomic mass is 9.98. The van der Waals surface area contributed by atoms with Gasteiger partial charge in [0, 0.05) is 32.9 Å². The predicted molar refractivity (Wildman–Crippen MR) is 251 cm³/mol. The Bertz CT molecular complexity index is 3130. The minimum absolute atomic E-state index is 1.15. The summed E-state index contributed by atoms with van der Waals surface area (Å²) in [5.74, 6) is 0. The summed E-state index contributed by atoms with van der Waals surface area (Å²) in [6.07, 6.45) is 6.43. The Balaban J connectivity index is 0.00000215. The first-order chi connectivity index (χ1) is 28.7. The van der Waals surface area contributed by atoms with Crippen molar-refractivity contribution in [3.05, 3.63) is 212 Å². The van der Waals surface area contributed by atoms with Crippen molar-refractivity contribution in [2.45, 2.75) is 27.7 Å². The molecular weight excluding hydrogens is 701 g/mol. The highest BCUT2D eigenvalue weighted by Crippen LogP contribution is 2.39. The molecule has 0 fully saturated rings. The number of fused-ring (bicyclic) bond motifs is 6. The standard InChI is InChI=1S/C54H40N2.C2H6/c1-3-14-37(4-2)40-17-12-18-41(33-40)39-25-29-45(30-26-39)55-51-23-10-8-21-47(51)49-35-43(27-31-53(49)55)44-28-32-54-50(36-44)48-22-9-11-24-52(48)56(54)46-20-13-19-42(34-46)38-15-6-5-7-16-38;1-2/h3-36H,1-2H3;1-2H3/b14-3-,37-4+;. The zero-order chi connectivity index (χ0) is 39.6. The van der Waals surface area contributed by atoms with Crippen LogP contribution in [0.15, 0.2) is 206 Å². The molecule has 280 valence electrons. The molecule has 58 heavy (non-hydrogen) atoms. The van der Waals surface area contributed by atoms with Crippen molar-refractivity contribution in [1.82, 2.24) is 9.13 Å². The van der Waals surface area contributed by atoms with Crippen LogP contribution < -0.4 is 0 Å². The van der Waals surface area contributed by atoms with E-state index in [-0.39, 0.29) is 0 Å².